The van der Waals surface area contributed by atoms with Crippen molar-refractivity contribution in [1.29, 1.82) is 0 Å². The lowest BCUT2D eigenvalue weighted by Crippen LogP contribution is -2.54. The van der Waals surface area contributed by atoms with Gasteiger partial charge in [-0.05, 0) is 12.3 Å². The minimum Gasteiger partial charge on any atom is -0.394 e. The summed E-state index contributed by atoms with van der Waals surface area (Å²) in [5.74, 6) is 0.106. The fourth-order valence-electron chi connectivity index (χ4n) is 2.27. The van der Waals surface area contributed by atoms with E-state index in [0.717, 1.165) is 12.8 Å². The van der Waals surface area contributed by atoms with E-state index in [0.29, 0.717) is 0 Å². The van der Waals surface area contributed by atoms with E-state index >= 15 is 0 Å². The topological polar surface area (TPSA) is 78.8 Å². The van der Waals surface area contributed by atoms with Crippen molar-refractivity contribution in [2.75, 3.05) is 13.2 Å². The number of aliphatic hydroxyl groups excluding tert-OH is 2. The lowest BCUT2D eigenvalue weighted by atomic mass is 9.86. The van der Waals surface area contributed by atoms with Gasteiger partial charge in [0, 0.05) is 6.92 Å². The molecule has 5 nitrogen and oxygen atoms in total. The van der Waals surface area contributed by atoms with E-state index in [1.807, 2.05) is 6.92 Å². The standard InChI is InChI=1S/C11H21NO4/c1-3-8-4-9(12-7(2)15)11(6-14)16-10(8)5-13/h8-11,13-14H,3-6H2,1-2H3,(H,12,15)/t8-,9?,10?,11-/m0/s1. The van der Waals surface area contributed by atoms with Crippen molar-refractivity contribution in [2.24, 2.45) is 5.92 Å². The minimum absolute atomic E-state index is 0.0399. The Morgan fingerprint density at radius 2 is 2.00 bits per heavy atom. The molecule has 1 rings (SSSR count). The summed E-state index contributed by atoms with van der Waals surface area (Å²) in [7, 11) is 0. The molecule has 1 aliphatic heterocycles. The van der Waals surface area contributed by atoms with Crippen molar-refractivity contribution in [3.05, 3.63) is 0 Å². The third kappa shape index (κ3) is 3.17. The third-order valence-electron chi connectivity index (χ3n) is 3.15. The normalized spacial score (nSPS) is 34.8. The number of carbonyl (C=O) groups excluding carboxylic acids is 1. The van der Waals surface area contributed by atoms with E-state index in [1.54, 1.807) is 0 Å². The van der Waals surface area contributed by atoms with E-state index in [4.69, 9.17) is 4.74 Å². The first kappa shape index (κ1) is 13.4. The molecule has 0 radical (unpaired) electrons. The Morgan fingerprint density at radius 3 is 2.44 bits per heavy atom. The highest BCUT2D eigenvalue weighted by atomic mass is 16.5. The molecule has 0 bridgehead atoms. The van der Waals surface area contributed by atoms with Crippen molar-refractivity contribution in [1.82, 2.24) is 5.32 Å². The molecule has 0 spiro atoms. The van der Waals surface area contributed by atoms with Gasteiger partial charge in [0.1, 0.15) is 6.10 Å². The van der Waals surface area contributed by atoms with E-state index in [2.05, 4.69) is 5.32 Å². The van der Waals surface area contributed by atoms with Crippen LogP contribution in [0.25, 0.3) is 0 Å². The van der Waals surface area contributed by atoms with Crippen LogP contribution in [0.4, 0.5) is 0 Å². The van der Waals surface area contributed by atoms with Crippen LogP contribution >= 0.6 is 0 Å². The number of carbonyl (C=O) groups is 1. The van der Waals surface area contributed by atoms with Gasteiger partial charge in [-0.2, -0.15) is 0 Å². The van der Waals surface area contributed by atoms with Gasteiger partial charge in [0.15, 0.2) is 0 Å². The molecule has 0 saturated carbocycles. The molecule has 0 aromatic heterocycles. The van der Waals surface area contributed by atoms with Crippen LogP contribution in [0.2, 0.25) is 0 Å². The smallest absolute Gasteiger partial charge is 0.217 e. The monoisotopic (exact) mass is 231 g/mol. The van der Waals surface area contributed by atoms with Crippen LogP contribution in [0.15, 0.2) is 0 Å². The number of rotatable bonds is 4. The zero-order chi connectivity index (χ0) is 12.1. The number of aliphatic hydroxyl groups is 2. The second kappa shape index (κ2) is 6.18. The second-order valence-electron chi connectivity index (χ2n) is 4.29. The molecule has 1 fully saturated rings. The van der Waals surface area contributed by atoms with Crippen LogP contribution in [0.3, 0.4) is 0 Å². The van der Waals surface area contributed by atoms with Gasteiger partial charge in [-0.15, -0.1) is 0 Å². The Balaban J connectivity index is 2.66. The first-order chi connectivity index (χ1) is 7.62. The molecule has 0 aromatic carbocycles. The van der Waals surface area contributed by atoms with Gasteiger partial charge >= 0.3 is 0 Å². The van der Waals surface area contributed by atoms with Gasteiger partial charge in [-0.3, -0.25) is 4.79 Å². The molecule has 94 valence electrons. The van der Waals surface area contributed by atoms with Gasteiger partial charge in [-0.25, -0.2) is 0 Å². The highest BCUT2D eigenvalue weighted by Gasteiger charge is 2.36. The molecule has 1 saturated heterocycles. The molecule has 4 atom stereocenters. The Morgan fingerprint density at radius 1 is 1.38 bits per heavy atom. The Kier molecular flexibility index (Phi) is 5.18. The van der Waals surface area contributed by atoms with Gasteiger partial charge in [-0.1, -0.05) is 13.3 Å². The number of nitrogens with one attached hydrogen (secondary N) is 1. The van der Waals surface area contributed by atoms with Crippen molar-refractivity contribution in [3.8, 4) is 0 Å². The van der Waals surface area contributed by atoms with Crippen LogP contribution in [0, 0.1) is 5.92 Å². The molecule has 2 unspecified atom stereocenters. The summed E-state index contributed by atoms with van der Waals surface area (Å²) >= 11 is 0. The summed E-state index contributed by atoms with van der Waals surface area (Å²) in [6.45, 7) is 3.30. The van der Waals surface area contributed by atoms with Crippen LogP contribution < -0.4 is 5.32 Å². The lowest BCUT2D eigenvalue weighted by molar-refractivity contribution is -0.141. The van der Waals surface area contributed by atoms with E-state index < -0.39 is 6.10 Å². The quantitative estimate of drug-likeness (QED) is 0.618. The molecule has 16 heavy (non-hydrogen) atoms. The van der Waals surface area contributed by atoms with Gasteiger partial charge in [0.25, 0.3) is 0 Å². The lowest BCUT2D eigenvalue weighted by Gasteiger charge is -2.40. The van der Waals surface area contributed by atoms with Gasteiger partial charge in [0.2, 0.25) is 5.91 Å². The molecule has 3 N–H and O–H groups in total. The van der Waals surface area contributed by atoms with Crippen molar-refractivity contribution in [3.63, 3.8) is 0 Å². The Bertz CT molecular complexity index is 234. The Hall–Kier alpha value is -0.650. The summed E-state index contributed by atoms with van der Waals surface area (Å²) in [6.07, 6.45) is 0.988. The van der Waals surface area contributed by atoms with Crippen molar-refractivity contribution < 1.29 is 19.7 Å². The average molecular weight is 231 g/mol. The highest BCUT2D eigenvalue weighted by Crippen LogP contribution is 2.27. The summed E-state index contributed by atoms with van der Waals surface area (Å²) in [5, 5.41) is 21.2. The highest BCUT2D eigenvalue weighted by molar-refractivity contribution is 5.73. The Labute approximate surface area is 95.8 Å². The van der Waals surface area contributed by atoms with Gasteiger partial charge in [0.05, 0.1) is 25.4 Å². The fourth-order valence-corrected chi connectivity index (χ4v) is 2.27. The number of ether oxygens (including phenoxy) is 1. The molecule has 1 heterocycles. The molecule has 0 aliphatic carbocycles. The van der Waals surface area contributed by atoms with Crippen molar-refractivity contribution >= 4 is 5.91 Å². The van der Waals surface area contributed by atoms with Gasteiger partial charge < -0.3 is 20.3 Å². The maximum Gasteiger partial charge on any atom is 0.217 e. The second-order valence-corrected chi connectivity index (χ2v) is 4.29. The molecule has 1 aliphatic rings. The molecule has 0 aromatic rings. The SMILES string of the molecule is CC[C@H]1CC(NC(C)=O)[C@H](CO)OC1CO. The first-order valence-corrected chi connectivity index (χ1v) is 5.76. The van der Waals surface area contributed by atoms with E-state index in [-0.39, 0.29) is 37.2 Å². The zero-order valence-electron chi connectivity index (χ0n) is 9.85. The molecular formula is C11H21NO4. The summed E-state index contributed by atoms with van der Waals surface area (Å²) in [4.78, 5) is 11.0. The first-order valence-electron chi connectivity index (χ1n) is 5.76. The predicted octanol–water partition coefficient (Wildman–Crippen LogP) is -0.341. The van der Waals surface area contributed by atoms with Crippen LogP contribution in [0.1, 0.15) is 26.7 Å². The van der Waals surface area contributed by atoms with E-state index in [1.165, 1.54) is 6.92 Å². The average Bonchev–Trinajstić information content (AvgIpc) is 2.27. The summed E-state index contributed by atoms with van der Waals surface area (Å²) in [6, 6.07) is -0.157. The minimum atomic E-state index is -0.413. The number of hydrogen-bond acceptors (Lipinski definition) is 4. The number of hydrogen-bond donors (Lipinski definition) is 3. The largest absolute Gasteiger partial charge is 0.394 e. The zero-order valence-corrected chi connectivity index (χ0v) is 9.85. The molecule has 1 amide bonds. The number of amides is 1. The summed E-state index contributed by atoms with van der Waals surface area (Å²) < 4.78 is 5.59. The van der Waals surface area contributed by atoms with Crippen molar-refractivity contribution in [2.45, 2.75) is 44.9 Å². The van der Waals surface area contributed by atoms with Crippen LogP contribution in [0.5, 0.6) is 0 Å². The fraction of sp³-hybridized carbons (Fsp3) is 0.909. The molecular weight excluding hydrogens is 210 g/mol. The maximum atomic E-state index is 11.0. The predicted molar refractivity (Wildman–Crippen MR) is 58.8 cm³/mol. The third-order valence-corrected chi connectivity index (χ3v) is 3.15. The van der Waals surface area contributed by atoms with Crippen LogP contribution in [-0.4, -0.2) is 47.6 Å². The van der Waals surface area contributed by atoms with E-state index in [9.17, 15) is 15.0 Å². The summed E-state index contributed by atoms with van der Waals surface area (Å²) in [5.41, 5.74) is 0. The molecule has 5 heteroatoms. The van der Waals surface area contributed by atoms with Crippen LogP contribution in [-0.2, 0) is 9.53 Å². The maximum absolute atomic E-state index is 11.0.